The van der Waals surface area contributed by atoms with Gasteiger partial charge in [0.25, 0.3) is 5.69 Å². The molecule has 122 valence electrons. The first-order valence-corrected chi connectivity index (χ1v) is 8.53. The van der Waals surface area contributed by atoms with Crippen LogP contribution in [-0.2, 0) is 0 Å². The van der Waals surface area contributed by atoms with Gasteiger partial charge in [-0.25, -0.2) is 0 Å². The van der Waals surface area contributed by atoms with E-state index in [1.54, 1.807) is 12.1 Å². The van der Waals surface area contributed by atoms with E-state index in [1.165, 1.54) is 17.0 Å². The highest BCUT2D eigenvalue weighted by Gasteiger charge is 2.25. The van der Waals surface area contributed by atoms with Gasteiger partial charge < -0.3 is 0 Å². The molecule has 0 saturated carbocycles. The highest BCUT2D eigenvalue weighted by Crippen LogP contribution is 2.43. The molecule has 0 radical (unpaired) electrons. The number of rotatable bonds is 3. The fourth-order valence-electron chi connectivity index (χ4n) is 2.60. The van der Waals surface area contributed by atoms with Crippen molar-refractivity contribution in [3.8, 4) is 0 Å². The molecular formula is C19H18N2O2S. The topological polar surface area (TPSA) is 55.5 Å². The maximum atomic E-state index is 10.7. The summed E-state index contributed by atoms with van der Waals surface area (Å²) in [6.07, 6.45) is 4.82. The van der Waals surface area contributed by atoms with Crippen molar-refractivity contribution in [3.63, 3.8) is 0 Å². The third-order valence-corrected chi connectivity index (χ3v) is 4.96. The Bertz CT molecular complexity index is 824. The number of aliphatic imine (C=N–C) groups is 1. The number of nitrogens with zero attached hydrogens (tertiary/aromatic N) is 2. The van der Waals surface area contributed by atoms with Crippen molar-refractivity contribution in [1.82, 2.24) is 0 Å². The van der Waals surface area contributed by atoms with Gasteiger partial charge >= 0.3 is 0 Å². The normalized spacial score (nSPS) is 16.3. The van der Waals surface area contributed by atoms with Crippen LogP contribution in [0.5, 0.6) is 0 Å². The minimum Gasteiger partial charge on any atom is -0.258 e. The molecule has 3 rings (SSSR count). The highest BCUT2D eigenvalue weighted by atomic mass is 32.2. The van der Waals surface area contributed by atoms with Gasteiger partial charge in [0.15, 0.2) is 0 Å². The molecule has 5 heteroatoms. The molecule has 0 fully saturated rings. The van der Waals surface area contributed by atoms with E-state index < -0.39 is 0 Å². The van der Waals surface area contributed by atoms with Crippen LogP contribution in [0.3, 0.4) is 0 Å². The molecule has 0 unspecified atom stereocenters. The second kappa shape index (κ2) is 6.61. The molecule has 0 bridgehead atoms. The van der Waals surface area contributed by atoms with Gasteiger partial charge in [0.05, 0.1) is 10.6 Å². The van der Waals surface area contributed by atoms with E-state index in [9.17, 15) is 10.1 Å². The Morgan fingerprint density at radius 2 is 1.83 bits per heavy atom. The molecule has 24 heavy (non-hydrogen) atoms. The largest absolute Gasteiger partial charge is 0.269 e. The summed E-state index contributed by atoms with van der Waals surface area (Å²) in [5.41, 5.74) is 3.03. The van der Waals surface area contributed by atoms with Crippen LogP contribution < -0.4 is 0 Å². The van der Waals surface area contributed by atoms with Crippen molar-refractivity contribution in [2.45, 2.75) is 29.9 Å². The molecule has 0 amide bonds. The highest BCUT2D eigenvalue weighted by molar-refractivity contribution is 8.00. The minimum absolute atomic E-state index is 0.0608. The fourth-order valence-corrected chi connectivity index (χ4v) is 3.78. The Labute approximate surface area is 145 Å². The first-order valence-electron chi connectivity index (χ1n) is 7.71. The summed E-state index contributed by atoms with van der Waals surface area (Å²) in [7, 11) is 0. The molecule has 0 saturated heterocycles. The molecule has 0 N–H and O–H groups in total. The van der Waals surface area contributed by atoms with Crippen LogP contribution in [0.25, 0.3) is 6.08 Å². The molecule has 1 aliphatic heterocycles. The molecule has 0 aromatic heterocycles. The maximum Gasteiger partial charge on any atom is 0.269 e. The van der Waals surface area contributed by atoms with Gasteiger partial charge in [-0.05, 0) is 49.8 Å². The summed E-state index contributed by atoms with van der Waals surface area (Å²) in [6.45, 7) is 4.43. The Morgan fingerprint density at radius 1 is 1.12 bits per heavy atom. The lowest BCUT2D eigenvalue weighted by Gasteiger charge is -2.21. The van der Waals surface area contributed by atoms with Crippen LogP contribution in [0.1, 0.15) is 25.8 Å². The number of thioether (sulfide) groups is 1. The second-order valence-corrected chi connectivity index (χ2v) is 8.04. The molecule has 1 aliphatic rings. The molecular weight excluding hydrogens is 320 g/mol. The number of allylic oxidation sites excluding steroid dienone is 1. The first-order chi connectivity index (χ1) is 11.4. The van der Waals surface area contributed by atoms with Crippen molar-refractivity contribution in [1.29, 1.82) is 0 Å². The standard InChI is InChI=1S/C19H18N2O2S/c1-19(2)13-15(20-17-5-3-4-6-18(17)24-19)10-7-14-8-11-16(12-9-14)21(22)23/h3-12H,13H2,1-2H3. The van der Waals surface area contributed by atoms with E-state index in [1.807, 2.05) is 42.1 Å². The fraction of sp³-hybridized carbons (Fsp3) is 0.211. The summed E-state index contributed by atoms with van der Waals surface area (Å²) in [6, 6.07) is 14.7. The van der Waals surface area contributed by atoms with Gasteiger partial charge in [-0.1, -0.05) is 18.2 Å². The number of nitro benzene ring substituents is 1. The summed E-state index contributed by atoms with van der Waals surface area (Å²) < 4.78 is 0.0608. The van der Waals surface area contributed by atoms with Gasteiger partial charge in [0, 0.05) is 33.9 Å². The monoisotopic (exact) mass is 338 g/mol. The number of fused-ring (bicyclic) bond motifs is 1. The van der Waals surface area contributed by atoms with Crippen LogP contribution in [0.2, 0.25) is 0 Å². The van der Waals surface area contributed by atoms with Gasteiger partial charge in [-0.15, -0.1) is 11.8 Å². The number of benzene rings is 2. The van der Waals surface area contributed by atoms with Crippen molar-refractivity contribution in [2.75, 3.05) is 0 Å². The van der Waals surface area contributed by atoms with Crippen molar-refractivity contribution >= 4 is 34.9 Å². The van der Waals surface area contributed by atoms with Gasteiger partial charge in [0.2, 0.25) is 0 Å². The average molecular weight is 338 g/mol. The number of nitro groups is 1. The molecule has 4 nitrogen and oxygen atoms in total. The molecule has 0 aliphatic carbocycles. The SMILES string of the molecule is CC1(C)CC(C=Cc2ccc([N+](=O)[O-])cc2)=Nc2ccccc2S1. The first kappa shape index (κ1) is 16.5. The zero-order valence-electron chi connectivity index (χ0n) is 13.6. The lowest BCUT2D eigenvalue weighted by Crippen LogP contribution is -2.17. The minimum atomic E-state index is -0.389. The number of hydrogen-bond acceptors (Lipinski definition) is 4. The maximum absolute atomic E-state index is 10.7. The Hall–Kier alpha value is -2.40. The van der Waals surface area contributed by atoms with Crippen LogP contribution in [0, 0.1) is 10.1 Å². The quantitative estimate of drug-likeness (QED) is 0.536. The van der Waals surface area contributed by atoms with Crippen LogP contribution in [0.15, 0.2) is 64.5 Å². The Kier molecular flexibility index (Phi) is 4.53. The number of para-hydroxylation sites is 1. The van der Waals surface area contributed by atoms with E-state index in [2.05, 4.69) is 19.9 Å². The van der Waals surface area contributed by atoms with Crippen molar-refractivity contribution in [3.05, 3.63) is 70.3 Å². The number of hydrogen-bond donors (Lipinski definition) is 0. The zero-order valence-corrected chi connectivity index (χ0v) is 14.4. The van der Waals surface area contributed by atoms with Crippen LogP contribution >= 0.6 is 11.8 Å². The smallest absolute Gasteiger partial charge is 0.258 e. The molecule has 1 heterocycles. The molecule has 2 aromatic rings. The molecule has 0 spiro atoms. The van der Waals surface area contributed by atoms with E-state index in [-0.39, 0.29) is 15.4 Å². The van der Waals surface area contributed by atoms with E-state index in [0.717, 1.165) is 23.4 Å². The predicted octanol–water partition coefficient (Wildman–Crippen LogP) is 5.66. The third-order valence-electron chi connectivity index (χ3n) is 3.69. The third kappa shape index (κ3) is 3.92. The summed E-state index contributed by atoms with van der Waals surface area (Å²) in [5.74, 6) is 0. The molecule has 2 aromatic carbocycles. The van der Waals surface area contributed by atoms with Gasteiger partial charge in [0.1, 0.15) is 0 Å². The summed E-state index contributed by atoms with van der Waals surface area (Å²) in [4.78, 5) is 16.3. The zero-order chi connectivity index (χ0) is 17.2. The van der Waals surface area contributed by atoms with Crippen molar-refractivity contribution < 1.29 is 4.92 Å². The van der Waals surface area contributed by atoms with Gasteiger partial charge in [-0.3, -0.25) is 15.1 Å². The summed E-state index contributed by atoms with van der Waals surface area (Å²) >= 11 is 1.84. The van der Waals surface area contributed by atoms with E-state index in [0.29, 0.717) is 0 Å². The second-order valence-electron chi connectivity index (χ2n) is 6.29. The Morgan fingerprint density at radius 3 is 2.54 bits per heavy atom. The van der Waals surface area contributed by atoms with Crippen LogP contribution in [0.4, 0.5) is 11.4 Å². The van der Waals surface area contributed by atoms with E-state index in [4.69, 9.17) is 4.99 Å². The van der Waals surface area contributed by atoms with E-state index >= 15 is 0 Å². The predicted molar refractivity (Wildman–Crippen MR) is 100 cm³/mol. The van der Waals surface area contributed by atoms with Crippen molar-refractivity contribution in [2.24, 2.45) is 4.99 Å². The van der Waals surface area contributed by atoms with Gasteiger partial charge in [-0.2, -0.15) is 0 Å². The average Bonchev–Trinajstić information content (AvgIpc) is 2.67. The Balaban J connectivity index is 1.88. The molecule has 0 atom stereocenters. The number of non-ortho nitro benzene ring substituents is 1. The lowest BCUT2D eigenvalue weighted by molar-refractivity contribution is -0.384. The lowest BCUT2D eigenvalue weighted by atomic mass is 10.0. The van der Waals surface area contributed by atoms with Crippen LogP contribution in [-0.4, -0.2) is 15.4 Å². The summed E-state index contributed by atoms with van der Waals surface area (Å²) in [5, 5.41) is 10.7.